The molecule has 0 rings (SSSR count). The summed E-state index contributed by atoms with van der Waals surface area (Å²) in [7, 11) is -2.74. The molecule has 20 heavy (non-hydrogen) atoms. The molecule has 1 atom stereocenters. The molecule has 0 aliphatic rings. The number of nitriles is 1. The molecule has 0 aromatic carbocycles. The van der Waals surface area contributed by atoms with Crippen LogP contribution in [-0.4, -0.2) is 45.2 Å². The molecule has 0 amide bonds. The van der Waals surface area contributed by atoms with Crippen molar-refractivity contribution in [3.8, 4) is 6.07 Å². The van der Waals surface area contributed by atoms with Gasteiger partial charge < -0.3 is 4.74 Å². The molecule has 10 heteroatoms. The van der Waals surface area contributed by atoms with E-state index in [0.29, 0.717) is 0 Å². The fraction of sp³-hybridized carbons (Fsp3) is 0.900. The molecule has 0 aromatic heterocycles. The van der Waals surface area contributed by atoms with E-state index < -0.39 is 45.8 Å². The number of rotatable bonds is 8. The van der Waals surface area contributed by atoms with Gasteiger partial charge in [0.2, 0.25) is 0 Å². The van der Waals surface area contributed by atoms with Gasteiger partial charge in [-0.3, -0.25) is 0 Å². The second-order valence-electron chi connectivity index (χ2n) is 4.07. The zero-order chi connectivity index (χ0) is 16.0. The SMILES string of the molecule is COCCCS(=O)(=O)C(C#N)CCC(F)(F)C(F)(F)F. The van der Waals surface area contributed by atoms with Crippen molar-refractivity contribution in [2.45, 2.75) is 36.6 Å². The summed E-state index contributed by atoms with van der Waals surface area (Å²) in [5.74, 6) is -5.51. The predicted octanol–water partition coefficient (Wildman–Crippen LogP) is 2.31. The van der Waals surface area contributed by atoms with Gasteiger partial charge in [-0.2, -0.15) is 27.2 Å². The van der Waals surface area contributed by atoms with Crippen LogP contribution >= 0.6 is 0 Å². The first-order chi connectivity index (χ1) is 8.98. The van der Waals surface area contributed by atoms with Crippen LogP contribution in [0.2, 0.25) is 0 Å². The summed E-state index contributed by atoms with van der Waals surface area (Å²) in [5, 5.41) is 6.75. The predicted molar refractivity (Wildman–Crippen MR) is 59.9 cm³/mol. The highest BCUT2D eigenvalue weighted by Crippen LogP contribution is 2.39. The first-order valence-corrected chi connectivity index (χ1v) is 7.24. The van der Waals surface area contributed by atoms with Crippen LogP contribution in [0.5, 0.6) is 0 Å². The highest BCUT2D eigenvalue weighted by atomic mass is 32.2. The van der Waals surface area contributed by atoms with E-state index in [-0.39, 0.29) is 13.0 Å². The number of halogens is 5. The van der Waals surface area contributed by atoms with Crippen LogP contribution in [0, 0.1) is 11.3 Å². The molecule has 0 saturated carbocycles. The Kier molecular flexibility index (Phi) is 6.83. The van der Waals surface area contributed by atoms with Crippen LogP contribution in [0.3, 0.4) is 0 Å². The minimum absolute atomic E-state index is 0.0344. The molecular formula is C10H14F5NO3S. The molecule has 0 fully saturated rings. The lowest BCUT2D eigenvalue weighted by Gasteiger charge is -2.20. The lowest BCUT2D eigenvalue weighted by molar-refractivity contribution is -0.284. The van der Waals surface area contributed by atoms with Crippen LogP contribution in [0.15, 0.2) is 0 Å². The third-order valence-electron chi connectivity index (χ3n) is 2.49. The Morgan fingerprint density at radius 3 is 2.20 bits per heavy atom. The van der Waals surface area contributed by atoms with Crippen molar-refractivity contribution in [2.75, 3.05) is 19.5 Å². The topological polar surface area (TPSA) is 67.2 Å². The summed E-state index contributed by atoms with van der Waals surface area (Å²) >= 11 is 0. The van der Waals surface area contributed by atoms with E-state index >= 15 is 0 Å². The van der Waals surface area contributed by atoms with E-state index in [1.54, 1.807) is 0 Å². The number of nitrogens with zero attached hydrogens (tertiary/aromatic N) is 1. The fourth-order valence-electron chi connectivity index (χ4n) is 1.33. The maximum absolute atomic E-state index is 12.7. The summed E-state index contributed by atoms with van der Waals surface area (Å²) in [6.45, 7) is 0.0795. The Morgan fingerprint density at radius 1 is 1.25 bits per heavy atom. The van der Waals surface area contributed by atoms with Crippen molar-refractivity contribution in [3.05, 3.63) is 0 Å². The summed E-state index contributed by atoms with van der Waals surface area (Å²) in [5.41, 5.74) is 0. The molecular weight excluding hydrogens is 309 g/mol. The first-order valence-electron chi connectivity index (χ1n) is 5.52. The molecule has 0 aliphatic heterocycles. The molecule has 0 saturated heterocycles. The number of sulfone groups is 1. The second-order valence-corrected chi connectivity index (χ2v) is 6.37. The van der Waals surface area contributed by atoms with Crippen molar-refractivity contribution in [2.24, 2.45) is 0 Å². The van der Waals surface area contributed by atoms with Crippen LogP contribution in [-0.2, 0) is 14.6 Å². The molecule has 0 aromatic rings. The Labute approximate surface area is 113 Å². The molecule has 118 valence electrons. The average Bonchev–Trinajstić information content (AvgIpc) is 2.27. The van der Waals surface area contributed by atoms with Crippen molar-refractivity contribution in [1.82, 2.24) is 0 Å². The van der Waals surface area contributed by atoms with E-state index in [4.69, 9.17) is 5.26 Å². The maximum Gasteiger partial charge on any atom is 0.453 e. The van der Waals surface area contributed by atoms with Crippen LogP contribution in [0.25, 0.3) is 0 Å². The molecule has 1 unspecified atom stereocenters. The van der Waals surface area contributed by atoms with Crippen molar-refractivity contribution >= 4 is 9.84 Å². The molecule has 0 radical (unpaired) electrons. The zero-order valence-electron chi connectivity index (χ0n) is 10.6. The Hall–Kier alpha value is -0.950. The highest BCUT2D eigenvalue weighted by Gasteiger charge is 2.57. The van der Waals surface area contributed by atoms with Gasteiger partial charge in [-0.1, -0.05) is 0 Å². The lowest BCUT2D eigenvalue weighted by Crippen LogP contribution is -2.37. The standard InChI is InChI=1S/C10H14F5NO3S/c1-19-5-2-6-20(17,18)8(7-16)3-4-9(11,12)10(13,14)15/h8H,2-6H2,1H3. The number of alkyl halides is 5. The van der Waals surface area contributed by atoms with Crippen LogP contribution in [0.1, 0.15) is 19.3 Å². The minimum atomic E-state index is -5.76. The van der Waals surface area contributed by atoms with Gasteiger partial charge in [0.1, 0.15) is 5.25 Å². The first kappa shape index (κ1) is 19.1. The smallest absolute Gasteiger partial charge is 0.385 e. The molecule has 0 heterocycles. The molecule has 0 spiro atoms. The van der Waals surface area contributed by atoms with Gasteiger partial charge in [0, 0.05) is 20.1 Å². The van der Waals surface area contributed by atoms with E-state index in [1.807, 2.05) is 0 Å². The third-order valence-corrected chi connectivity index (χ3v) is 4.56. The largest absolute Gasteiger partial charge is 0.453 e. The van der Waals surface area contributed by atoms with Crippen LogP contribution < -0.4 is 0 Å². The third kappa shape index (κ3) is 5.58. The Balaban J connectivity index is 4.69. The van der Waals surface area contributed by atoms with Crippen molar-refractivity contribution in [3.63, 3.8) is 0 Å². The highest BCUT2D eigenvalue weighted by molar-refractivity contribution is 7.92. The molecule has 0 aliphatic carbocycles. The summed E-state index contributed by atoms with van der Waals surface area (Å²) in [6, 6.07) is 1.26. The van der Waals surface area contributed by atoms with Gasteiger partial charge in [0.05, 0.1) is 11.8 Å². The average molecular weight is 323 g/mol. The number of methoxy groups -OCH3 is 1. The normalized spacial score (nSPS) is 14.8. The number of ether oxygens (including phenoxy) is 1. The van der Waals surface area contributed by atoms with Gasteiger partial charge in [0.15, 0.2) is 9.84 Å². The Morgan fingerprint density at radius 2 is 1.80 bits per heavy atom. The van der Waals surface area contributed by atoms with Crippen molar-refractivity contribution < 1.29 is 35.1 Å². The molecule has 0 bridgehead atoms. The molecule has 0 N–H and O–H groups in total. The van der Waals surface area contributed by atoms with E-state index in [2.05, 4.69) is 4.74 Å². The zero-order valence-corrected chi connectivity index (χ0v) is 11.4. The van der Waals surface area contributed by atoms with Crippen molar-refractivity contribution in [1.29, 1.82) is 5.26 Å². The lowest BCUT2D eigenvalue weighted by atomic mass is 10.1. The van der Waals surface area contributed by atoms with Gasteiger partial charge in [-0.25, -0.2) is 8.42 Å². The van der Waals surface area contributed by atoms with Crippen LogP contribution in [0.4, 0.5) is 22.0 Å². The van der Waals surface area contributed by atoms with E-state index in [9.17, 15) is 30.4 Å². The summed E-state index contributed by atoms with van der Waals surface area (Å²) in [4.78, 5) is 0. The van der Waals surface area contributed by atoms with E-state index in [0.717, 1.165) is 0 Å². The molecule has 4 nitrogen and oxygen atoms in total. The van der Waals surface area contributed by atoms with E-state index in [1.165, 1.54) is 13.2 Å². The quantitative estimate of drug-likeness (QED) is 0.508. The van der Waals surface area contributed by atoms with Gasteiger partial charge in [0.25, 0.3) is 0 Å². The summed E-state index contributed by atoms with van der Waals surface area (Å²) < 4.78 is 88.9. The Bertz CT molecular complexity index is 441. The fourth-order valence-corrected chi connectivity index (χ4v) is 2.77. The van der Waals surface area contributed by atoms with Gasteiger partial charge in [-0.05, 0) is 12.8 Å². The van der Waals surface area contributed by atoms with Gasteiger partial charge >= 0.3 is 12.1 Å². The van der Waals surface area contributed by atoms with Gasteiger partial charge in [-0.15, -0.1) is 0 Å². The maximum atomic E-state index is 12.7. The second kappa shape index (κ2) is 7.17. The summed E-state index contributed by atoms with van der Waals surface area (Å²) in [6.07, 6.45) is -8.53. The monoisotopic (exact) mass is 323 g/mol. The minimum Gasteiger partial charge on any atom is -0.385 e. The number of hydrogen-bond donors (Lipinski definition) is 0. The number of hydrogen-bond acceptors (Lipinski definition) is 4.